The summed E-state index contributed by atoms with van der Waals surface area (Å²) in [6.45, 7) is 0. The van der Waals surface area contributed by atoms with Crippen molar-refractivity contribution >= 4 is 12.1 Å². The molecule has 1 aliphatic carbocycles. The van der Waals surface area contributed by atoms with Crippen LogP contribution >= 0.6 is 0 Å². The van der Waals surface area contributed by atoms with Gasteiger partial charge in [0.05, 0.1) is 6.21 Å². The van der Waals surface area contributed by atoms with Crippen LogP contribution in [-0.4, -0.2) is 27.2 Å². The summed E-state index contributed by atoms with van der Waals surface area (Å²) in [6, 6.07) is 3.44. The van der Waals surface area contributed by atoms with Crippen LogP contribution < -0.4 is 11.0 Å². The standard InChI is InChI=1S/C16H16N4O3/c21-14-11-3-1-2-4-12(11)19-15(22)13(14)16(23)20-18-9-10-5-7-17-8-6-10/h5-9H,1-4H2,(H,20,23)(H2,19,21,22). The van der Waals surface area contributed by atoms with Crippen LogP contribution in [0.25, 0.3) is 0 Å². The lowest BCUT2D eigenvalue weighted by Crippen LogP contribution is -2.29. The molecule has 7 nitrogen and oxygen atoms in total. The predicted molar refractivity (Wildman–Crippen MR) is 84.7 cm³/mol. The molecule has 2 aromatic rings. The number of rotatable bonds is 3. The van der Waals surface area contributed by atoms with Gasteiger partial charge in [-0.3, -0.25) is 14.6 Å². The molecule has 23 heavy (non-hydrogen) atoms. The maximum atomic E-state index is 12.1. The molecule has 1 amide bonds. The van der Waals surface area contributed by atoms with Crippen molar-refractivity contribution in [2.75, 3.05) is 0 Å². The molecule has 3 rings (SSSR count). The number of hydrogen-bond acceptors (Lipinski definition) is 5. The number of H-pyrrole nitrogens is 1. The van der Waals surface area contributed by atoms with Crippen molar-refractivity contribution in [3.05, 3.63) is 57.3 Å². The predicted octanol–water partition coefficient (Wildman–Crippen LogP) is 1.12. The molecule has 0 bridgehead atoms. The van der Waals surface area contributed by atoms with Crippen LogP contribution in [-0.2, 0) is 12.8 Å². The fourth-order valence-corrected chi connectivity index (χ4v) is 2.64. The summed E-state index contributed by atoms with van der Waals surface area (Å²) in [5, 5.41) is 14.1. The molecule has 0 saturated heterocycles. The Balaban J connectivity index is 1.82. The quantitative estimate of drug-likeness (QED) is 0.583. The summed E-state index contributed by atoms with van der Waals surface area (Å²) < 4.78 is 0. The van der Waals surface area contributed by atoms with E-state index in [1.165, 1.54) is 6.21 Å². The van der Waals surface area contributed by atoms with Crippen LogP contribution in [0.4, 0.5) is 0 Å². The third-order valence-corrected chi connectivity index (χ3v) is 3.79. The number of pyridine rings is 2. The molecule has 0 unspecified atom stereocenters. The number of hydrogen-bond donors (Lipinski definition) is 3. The fourth-order valence-electron chi connectivity index (χ4n) is 2.64. The highest BCUT2D eigenvalue weighted by molar-refractivity contribution is 5.97. The number of amides is 1. The number of nitrogens with one attached hydrogen (secondary N) is 2. The van der Waals surface area contributed by atoms with Crippen molar-refractivity contribution in [2.45, 2.75) is 25.7 Å². The lowest BCUT2D eigenvalue weighted by Gasteiger charge is -2.17. The Morgan fingerprint density at radius 3 is 2.83 bits per heavy atom. The van der Waals surface area contributed by atoms with Crippen LogP contribution in [0, 0.1) is 0 Å². The highest BCUT2D eigenvalue weighted by Crippen LogP contribution is 2.28. The summed E-state index contributed by atoms with van der Waals surface area (Å²) >= 11 is 0. The van der Waals surface area contributed by atoms with Crippen molar-refractivity contribution < 1.29 is 9.90 Å². The minimum absolute atomic E-state index is 0.236. The van der Waals surface area contributed by atoms with E-state index < -0.39 is 11.5 Å². The van der Waals surface area contributed by atoms with E-state index in [0.29, 0.717) is 18.4 Å². The Bertz CT molecular complexity index is 812. The second kappa shape index (κ2) is 6.43. The van der Waals surface area contributed by atoms with Crippen LogP contribution in [0.15, 0.2) is 34.4 Å². The van der Waals surface area contributed by atoms with Crippen molar-refractivity contribution in [1.82, 2.24) is 15.4 Å². The molecule has 1 aliphatic rings. The second-order valence-corrected chi connectivity index (χ2v) is 5.32. The van der Waals surface area contributed by atoms with Gasteiger partial charge >= 0.3 is 0 Å². The Morgan fingerprint density at radius 2 is 2.04 bits per heavy atom. The Kier molecular flexibility index (Phi) is 4.18. The van der Waals surface area contributed by atoms with E-state index in [2.05, 4.69) is 20.5 Å². The Morgan fingerprint density at radius 1 is 1.30 bits per heavy atom. The molecular weight excluding hydrogens is 296 g/mol. The van der Waals surface area contributed by atoms with E-state index in [-0.39, 0.29) is 11.3 Å². The minimum atomic E-state index is -0.734. The SMILES string of the molecule is O=C(NN=Cc1ccncc1)c1c(O)c2c([nH]c1=O)CCCC2. The second-order valence-electron chi connectivity index (χ2n) is 5.32. The van der Waals surface area contributed by atoms with Crippen LogP contribution in [0.1, 0.15) is 40.0 Å². The number of hydrazone groups is 1. The first kappa shape index (κ1) is 15.0. The van der Waals surface area contributed by atoms with E-state index in [1.54, 1.807) is 24.5 Å². The smallest absolute Gasteiger partial charge is 0.280 e. The van der Waals surface area contributed by atoms with Crippen molar-refractivity contribution in [3.63, 3.8) is 0 Å². The number of aryl methyl sites for hydroxylation is 1. The van der Waals surface area contributed by atoms with Gasteiger partial charge in [-0.05, 0) is 43.4 Å². The lowest BCUT2D eigenvalue weighted by molar-refractivity contribution is 0.0950. The Hall–Kier alpha value is -2.96. The molecule has 2 heterocycles. The number of carbonyl (C=O) groups is 1. The molecule has 0 atom stereocenters. The first-order chi connectivity index (χ1) is 11.2. The molecule has 0 spiro atoms. The van der Waals surface area contributed by atoms with Gasteiger partial charge in [-0.1, -0.05) is 0 Å². The zero-order valence-electron chi connectivity index (χ0n) is 12.4. The summed E-state index contributed by atoms with van der Waals surface area (Å²) in [5.41, 5.74) is 3.50. The first-order valence-corrected chi connectivity index (χ1v) is 7.37. The number of aromatic amines is 1. The van der Waals surface area contributed by atoms with E-state index in [0.717, 1.165) is 24.1 Å². The van der Waals surface area contributed by atoms with Gasteiger partial charge in [-0.2, -0.15) is 5.10 Å². The van der Waals surface area contributed by atoms with E-state index in [9.17, 15) is 14.7 Å². The topological polar surface area (TPSA) is 107 Å². The Labute approximate surface area is 132 Å². The van der Waals surface area contributed by atoms with Gasteiger partial charge in [-0.25, -0.2) is 5.43 Å². The highest BCUT2D eigenvalue weighted by atomic mass is 16.3. The van der Waals surface area contributed by atoms with Crippen LogP contribution in [0.5, 0.6) is 5.75 Å². The first-order valence-electron chi connectivity index (χ1n) is 7.37. The summed E-state index contributed by atoms with van der Waals surface area (Å²) in [7, 11) is 0. The lowest BCUT2D eigenvalue weighted by atomic mass is 9.94. The van der Waals surface area contributed by atoms with E-state index in [4.69, 9.17) is 0 Å². The normalized spacial score (nSPS) is 13.7. The zero-order valence-corrected chi connectivity index (χ0v) is 12.4. The van der Waals surface area contributed by atoms with Crippen LogP contribution in [0.2, 0.25) is 0 Å². The molecule has 0 aromatic carbocycles. The minimum Gasteiger partial charge on any atom is -0.507 e. The average molecular weight is 312 g/mol. The van der Waals surface area contributed by atoms with Gasteiger partial charge in [0.15, 0.2) is 0 Å². The molecule has 0 aliphatic heterocycles. The monoisotopic (exact) mass is 312 g/mol. The van der Waals surface area contributed by atoms with E-state index >= 15 is 0 Å². The fraction of sp³-hybridized carbons (Fsp3) is 0.250. The maximum absolute atomic E-state index is 12.1. The molecule has 3 N–H and O–H groups in total. The number of aromatic nitrogens is 2. The third-order valence-electron chi connectivity index (χ3n) is 3.79. The van der Waals surface area contributed by atoms with Gasteiger partial charge in [0.25, 0.3) is 11.5 Å². The highest BCUT2D eigenvalue weighted by Gasteiger charge is 2.23. The average Bonchev–Trinajstić information content (AvgIpc) is 2.56. The van der Waals surface area contributed by atoms with Gasteiger partial charge in [-0.15, -0.1) is 0 Å². The molecule has 0 saturated carbocycles. The molecule has 2 aromatic heterocycles. The van der Waals surface area contributed by atoms with Crippen molar-refractivity contribution in [2.24, 2.45) is 5.10 Å². The largest absolute Gasteiger partial charge is 0.507 e. The molecule has 118 valence electrons. The maximum Gasteiger partial charge on any atom is 0.280 e. The number of carbonyl (C=O) groups excluding carboxylic acids is 1. The van der Waals surface area contributed by atoms with Gasteiger partial charge < -0.3 is 10.1 Å². The van der Waals surface area contributed by atoms with Crippen molar-refractivity contribution in [3.8, 4) is 5.75 Å². The zero-order chi connectivity index (χ0) is 16.2. The number of nitrogens with zero attached hydrogens (tertiary/aromatic N) is 2. The molecule has 0 radical (unpaired) electrons. The third kappa shape index (κ3) is 3.13. The van der Waals surface area contributed by atoms with Gasteiger partial charge in [0.1, 0.15) is 11.3 Å². The summed E-state index contributed by atoms with van der Waals surface area (Å²) in [6.07, 6.45) is 7.88. The van der Waals surface area contributed by atoms with Gasteiger partial charge in [0.2, 0.25) is 0 Å². The summed E-state index contributed by atoms with van der Waals surface area (Å²) in [4.78, 5) is 30.8. The molecule has 7 heteroatoms. The molecule has 0 fully saturated rings. The van der Waals surface area contributed by atoms with Crippen molar-refractivity contribution in [1.29, 1.82) is 0 Å². The summed E-state index contributed by atoms with van der Waals surface area (Å²) in [5.74, 6) is -0.970. The van der Waals surface area contributed by atoms with Gasteiger partial charge in [0, 0.05) is 23.7 Å². The van der Waals surface area contributed by atoms with E-state index in [1.807, 2.05) is 0 Å². The van der Waals surface area contributed by atoms with Crippen LogP contribution in [0.3, 0.4) is 0 Å². The number of aromatic hydroxyl groups is 1. The number of fused-ring (bicyclic) bond motifs is 1. The molecular formula is C16H16N4O3.